The Labute approximate surface area is 125 Å². The van der Waals surface area contributed by atoms with Crippen LogP contribution >= 0.6 is 11.8 Å². The molecule has 1 aliphatic rings. The third-order valence-corrected chi connectivity index (χ3v) is 4.97. The molecule has 110 valence electrons. The van der Waals surface area contributed by atoms with E-state index in [1.54, 1.807) is 0 Å². The summed E-state index contributed by atoms with van der Waals surface area (Å²) in [4.78, 5) is 14.3. The highest BCUT2D eigenvalue weighted by Crippen LogP contribution is 2.24. The van der Waals surface area contributed by atoms with E-state index in [0.29, 0.717) is 0 Å². The normalized spacial score (nSPS) is 19.9. The minimum Gasteiger partial charge on any atom is -0.481 e. The van der Waals surface area contributed by atoms with Crippen molar-refractivity contribution < 1.29 is 9.90 Å². The standard InChI is InChI=1S/C16H23NO2S/c1-17-10-3-2-4-14(17)9-11-20-15-7-5-13(6-8-15)12-16(18)19/h5-8,14H,2-4,9-12H2,1H3,(H,18,19). The van der Waals surface area contributed by atoms with Crippen LogP contribution in [0.3, 0.4) is 0 Å². The maximum atomic E-state index is 10.6. The molecule has 0 bridgehead atoms. The quantitative estimate of drug-likeness (QED) is 0.817. The van der Waals surface area contributed by atoms with E-state index < -0.39 is 5.97 Å². The zero-order valence-electron chi connectivity index (χ0n) is 12.0. The van der Waals surface area contributed by atoms with Gasteiger partial charge < -0.3 is 10.0 Å². The van der Waals surface area contributed by atoms with Gasteiger partial charge in [-0.15, -0.1) is 11.8 Å². The number of benzene rings is 1. The number of likely N-dealkylation sites (tertiary alicyclic amines) is 1. The number of aliphatic carboxylic acids is 1. The number of thioether (sulfide) groups is 1. The lowest BCUT2D eigenvalue weighted by Gasteiger charge is -2.32. The molecular formula is C16H23NO2S. The van der Waals surface area contributed by atoms with Crippen LogP contribution in [-0.4, -0.2) is 41.4 Å². The smallest absolute Gasteiger partial charge is 0.307 e. The maximum Gasteiger partial charge on any atom is 0.307 e. The summed E-state index contributed by atoms with van der Waals surface area (Å²) in [6.07, 6.45) is 5.37. The molecule has 4 heteroatoms. The second-order valence-corrected chi connectivity index (χ2v) is 6.65. The number of rotatable bonds is 6. The monoisotopic (exact) mass is 293 g/mol. The van der Waals surface area contributed by atoms with E-state index in [0.717, 1.165) is 17.4 Å². The maximum absolute atomic E-state index is 10.6. The Morgan fingerprint density at radius 1 is 1.35 bits per heavy atom. The predicted molar refractivity (Wildman–Crippen MR) is 83.4 cm³/mol. The predicted octanol–water partition coefficient (Wildman–Crippen LogP) is 3.28. The first kappa shape index (κ1) is 15.4. The summed E-state index contributed by atoms with van der Waals surface area (Å²) in [6, 6.07) is 8.65. The van der Waals surface area contributed by atoms with Crippen molar-refractivity contribution in [3.8, 4) is 0 Å². The Morgan fingerprint density at radius 2 is 2.10 bits per heavy atom. The van der Waals surface area contributed by atoms with Crippen LogP contribution < -0.4 is 0 Å². The van der Waals surface area contributed by atoms with Crippen LogP contribution in [0, 0.1) is 0 Å². The minimum atomic E-state index is -0.772. The lowest BCUT2D eigenvalue weighted by atomic mass is 10.0. The largest absolute Gasteiger partial charge is 0.481 e. The van der Waals surface area contributed by atoms with Crippen LogP contribution in [0.25, 0.3) is 0 Å². The number of carboxylic acid groups (broad SMARTS) is 1. The number of hydrogen-bond donors (Lipinski definition) is 1. The fourth-order valence-electron chi connectivity index (χ4n) is 2.70. The summed E-state index contributed by atoms with van der Waals surface area (Å²) < 4.78 is 0. The van der Waals surface area contributed by atoms with Crippen LogP contribution in [-0.2, 0) is 11.2 Å². The highest BCUT2D eigenvalue weighted by molar-refractivity contribution is 7.99. The lowest BCUT2D eigenvalue weighted by molar-refractivity contribution is -0.136. The molecule has 1 aliphatic heterocycles. The average Bonchev–Trinajstić information content (AvgIpc) is 2.42. The molecule has 0 radical (unpaired) electrons. The molecule has 3 nitrogen and oxygen atoms in total. The first-order valence-electron chi connectivity index (χ1n) is 7.29. The zero-order chi connectivity index (χ0) is 14.4. The number of nitrogens with zero attached hydrogens (tertiary/aromatic N) is 1. The van der Waals surface area contributed by atoms with Crippen molar-refractivity contribution in [3.05, 3.63) is 29.8 Å². The van der Waals surface area contributed by atoms with Crippen LogP contribution in [0.2, 0.25) is 0 Å². The average molecular weight is 293 g/mol. The molecule has 1 saturated heterocycles. The van der Waals surface area contributed by atoms with Gasteiger partial charge in [0, 0.05) is 10.9 Å². The highest BCUT2D eigenvalue weighted by Gasteiger charge is 2.18. The number of piperidine rings is 1. The molecule has 1 N–H and O–H groups in total. The van der Waals surface area contributed by atoms with E-state index in [-0.39, 0.29) is 6.42 Å². The van der Waals surface area contributed by atoms with E-state index in [2.05, 4.69) is 11.9 Å². The van der Waals surface area contributed by atoms with Crippen molar-refractivity contribution in [1.29, 1.82) is 0 Å². The van der Waals surface area contributed by atoms with Gasteiger partial charge in [-0.2, -0.15) is 0 Å². The SMILES string of the molecule is CN1CCCCC1CCSc1ccc(CC(=O)O)cc1. The molecule has 0 amide bonds. The van der Waals surface area contributed by atoms with E-state index in [1.165, 1.54) is 37.1 Å². The second-order valence-electron chi connectivity index (χ2n) is 5.48. The van der Waals surface area contributed by atoms with Crippen molar-refractivity contribution >= 4 is 17.7 Å². The summed E-state index contributed by atoms with van der Waals surface area (Å²) in [5.41, 5.74) is 0.869. The molecule has 1 fully saturated rings. The number of carboxylic acids is 1. The van der Waals surface area contributed by atoms with Crippen LogP contribution in [0.1, 0.15) is 31.2 Å². The molecule has 1 atom stereocenters. The number of carbonyl (C=O) groups is 1. The fourth-order valence-corrected chi connectivity index (χ4v) is 3.65. The Morgan fingerprint density at radius 3 is 2.75 bits per heavy atom. The number of hydrogen-bond acceptors (Lipinski definition) is 3. The summed E-state index contributed by atoms with van der Waals surface area (Å²) in [5.74, 6) is 0.360. The van der Waals surface area contributed by atoms with Crippen LogP contribution in [0.5, 0.6) is 0 Å². The van der Waals surface area contributed by atoms with E-state index >= 15 is 0 Å². The van der Waals surface area contributed by atoms with Gasteiger partial charge in [0.2, 0.25) is 0 Å². The van der Waals surface area contributed by atoms with Crippen molar-refractivity contribution in [1.82, 2.24) is 4.90 Å². The Balaban J connectivity index is 1.74. The molecule has 0 saturated carbocycles. The molecular weight excluding hydrogens is 270 g/mol. The van der Waals surface area contributed by atoms with Gasteiger partial charge in [-0.3, -0.25) is 4.79 Å². The Hall–Kier alpha value is -1.00. The molecule has 0 aromatic heterocycles. The molecule has 0 spiro atoms. The topological polar surface area (TPSA) is 40.5 Å². The van der Waals surface area contributed by atoms with E-state index in [1.807, 2.05) is 36.0 Å². The third-order valence-electron chi connectivity index (χ3n) is 3.92. The van der Waals surface area contributed by atoms with Crippen molar-refractivity contribution in [2.75, 3.05) is 19.3 Å². The Kier molecular flexibility index (Phi) is 5.92. The van der Waals surface area contributed by atoms with Crippen molar-refractivity contribution in [2.24, 2.45) is 0 Å². The first-order chi connectivity index (χ1) is 9.65. The molecule has 1 aromatic carbocycles. The summed E-state index contributed by atoms with van der Waals surface area (Å²) >= 11 is 1.87. The molecule has 2 rings (SSSR count). The van der Waals surface area contributed by atoms with Gasteiger partial charge in [-0.25, -0.2) is 0 Å². The summed E-state index contributed by atoms with van der Waals surface area (Å²) in [7, 11) is 2.23. The molecule has 1 aromatic rings. The molecule has 0 aliphatic carbocycles. The van der Waals surface area contributed by atoms with Gasteiger partial charge >= 0.3 is 5.97 Å². The van der Waals surface area contributed by atoms with Gasteiger partial charge in [0.25, 0.3) is 0 Å². The molecule has 20 heavy (non-hydrogen) atoms. The van der Waals surface area contributed by atoms with Gasteiger partial charge in [0.05, 0.1) is 6.42 Å². The summed E-state index contributed by atoms with van der Waals surface area (Å²) in [5, 5.41) is 8.74. The van der Waals surface area contributed by atoms with E-state index in [4.69, 9.17) is 5.11 Å². The lowest BCUT2D eigenvalue weighted by Crippen LogP contribution is -2.36. The van der Waals surface area contributed by atoms with Gasteiger partial charge in [-0.05, 0) is 56.3 Å². The fraction of sp³-hybridized carbons (Fsp3) is 0.562. The second kappa shape index (κ2) is 7.70. The third kappa shape index (κ3) is 4.84. The molecule has 1 heterocycles. The van der Waals surface area contributed by atoms with Crippen LogP contribution in [0.4, 0.5) is 0 Å². The van der Waals surface area contributed by atoms with Gasteiger partial charge in [-0.1, -0.05) is 18.6 Å². The van der Waals surface area contributed by atoms with E-state index in [9.17, 15) is 4.79 Å². The minimum absolute atomic E-state index is 0.109. The first-order valence-corrected chi connectivity index (χ1v) is 8.27. The summed E-state index contributed by atoms with van der Waals surface area (Å²) in [6.45, 7) is 1.24. The van der Waals surface area contributed by atoms with Crippen molar-refractivity contribution in [2.45, 2.75) is 43.0 Å². The Bertz CT molecular complexity index is 433. The molecule has 1 unspecified atom stereocenters. The van der Waals surface area contributed by atoms with Gasteiger partial charge in [0.1, 0.15) is 0 Å². The van der Waals surface area contributed by atoms with Crippen molar-refractivity contribution in [3.63, 3.8) is 0 Å². The zero-order valence-corrected chi connectivity index (χ0v) is 12.9. The van der Waals surface area contributed by atoms with Crippen LogP contribution in [0.15, 0.2) is 29.2 Å². The highest BCUT2D eigenvalue weighted by atomic mass is 32.2. The van der Waals surface area contributed by atoms with Gasteiger partial charge in [0.15, 0.2) is 0 Å².